The van der Waals surface area contributed by atoms with E-state index in [2.05, 4.69) is 33.2 Å². The third kappa shape index (κ3) is 4.70. The number of carbonyl (C=O) groups excluding carboxylic acids is 1. The molecule has 1 aromatic heterocycles. The molecule has 0 atom stereocenters. The molecule has 3 rings (SSSR count). The van der Waals surface area contributed by atoms with E-state index in [9.17, 15) is 4.79 Å². The number of rotatable bonds is 7. The summed E-state index contributed by atoms with van der Waals surface area (Å²) in [4.78, 5) is 16.5. The van der Waals surface area contributed by atoms with E-state index in [1.807, 2.05) is 36.4 Å². The van der Waals surface area contributed by atoms with Crippen molar-refractivity contribution in [3.8, 4) is 11.5 Å². The molecule has 2 aromatic carbocycles. The second-order valence-electron chi connectivity index (χ2n) is 5.26. The predicted molar refractivity (Wildman–Crippen MR) is 104 cm³/mol. The molecule has 0 aliphatic rings. The van der Waals surface area contributed by atoms with Crippen molar-refractivity contribution in [3.63, 3.8) is 0 Å². The van der Waals surface area contributed by atoms with Gasteiger partial charge >= 0.3 is 0 Å². The number of aromatic nitrogens is 1. The third-order valence-corrected chi connectivity index (χ3v) is 4.86. The van der Waals surface area contributed by atoms with Gasteiger partial charge in [-0.1, -0.05) is 30.4 Å². The summed E-state index contributed by atoms with van der Waals surface area (Å²) in [6.07, 6.45) is 0.958. The lowest BCUT2D eigenvalue weighted by molar-refractivity contribution is -0.118. The Morgan fingerprint density at radius 2 is 2.08 bits per heavy atom. The number of ether oxygens (including phenoxy) is 2. The fourth-order valence-electron chi connectivity index (χ4n) is 2.13. The molecule has 7 heteroatoms. The highest BCUT2D eigenvalue weighted by atomic mass is 79.9. The number of hydrogen-bond donors (Lipinski definition) is 1. The molecule has 3 aromatic rings. The Hall–Kier alpha value is -2.12. The van der Waals surface area contributed by atoms with Gasteiger partial charge in [0.2, 0.25) is 0 Å². The molecule has 0 saturated carbocycles. The maximum atomic E-state index is 12.1. The number of nitrogens with zero attached hydrogens (tertiary/aromatic N) is 1. The van der Waals surface area contributed by atoms with E-state index in [0.717, 1.165) is 26.9 Å². The SMILES string of the molecule is CCCOc1ccc2nc(NC(=O)COc3ccccc3Br)sc2c1. The van der Waals surface area contributed by atoms with Crippen molar-refractivity contribution in [1.29, 1.82) is 0 Å². The molecule has 0 spiro atoms. The van der Waals surface area contributed by atoms with Gasteiger partial charge in [0.05, 0.1) is 21.3 Å². The summed E-state index contributed by atoms with van der Waals surface area (Å²) in [5, 5.41) is 3.32. The van der Waals surface area contributed by atoms with Crippen LogP contribution in [0.25, 0.3) is 10.2 Å². The van der Waals surface area contributed by atoms with Gasteiger partial charge in [-0.2, -0.15) is 0 Å². The number of nitrogens with one attached hydrogen (secondary N) is 1. The second kappa shape index (κ2) is 8.31. The average molecular weight is 421 g/mol. The fraction of sp³-hybridized carbons (Fsp3) is 0.222. The quantitative estimate of drug-likeness (QED) is 0.592. The maximum Gasteiger partial charge on any atom is 0.264 e. The Morgan fingerprint density at radius 3 is 2.88 bits per heavy atom. The summed E-state index contributed by atoms with van der Waals surface area (Å²) in [5.74, 6) is 1.19. The van der Waals surface area contributed by atoms with Crippen molar-refractivity contribution in [2.24, 2.45) is 0 Å². The Kier molecular flexibility index (Phi) is 5.88. The molecular weight excluding hydrogens is 404 g/mol. The number of para-hydroxylation sites is 1. The average Bonchev–Trinajstić information content (AvgIpc) is 3.00. The van der Waals surface area contributed by atoms with Gasteiger partial charge in [-0.15, -0.1) is 0 Å². The minimum absolute atomic E-state index is 0.0800. The van der Waals surface area contributed by atoms with Gasteiger partial charge in [0, 0.05) is 0 Å². The van der Waals surface area contributed by atoms with Gasteiger partial charge in [0.25, 0.3) is 5.91 Å². The number of hydrogen-bond acceptors (Lipinski definition) is 5. The number of fused-ring (bicyclic) bond motifs is 1. The summed E-state index contributed by atoms with van der Waals surface area (Å²) in [6.45, 7) is 2.67. The van der Waals surface area contributed by atoms with Crippen LogP contribution in [0.15, 0.2) is 46.9 Å². The molecule has 1 N–H and O–H groups in total. The van der Waals surface area contributed by atoms with E-state index >= 15 is 0 Å². The highest BCUT2D eigenvalue weighted by molar-refractivity contribution is 9.10. The fourth-order valence-corrected chi connectivity index (χ4v) is 3.44. The van der Waals surface area contributed by atoms with Gasteiger partial charge in [0.1, 0.15) is 11.5 Å². The topological polar surface area (TPSA) is 60.5 Å². The number of carbonyl (C=O) groups is 1. The largest absolute Gasteiger partial charge is 0.494 e. The van der Waals surface area contributed by atoms with E-state index in [1.165, 1.54) is 11.3 Å². The molecule has 0 saturated heterocycles. The zero-order valence-electron chi connectivity index (χ0n) is 13.6. The van der Waals surface area contributed by atoms with Crippen LogP contribution in [0.3, 0.4) is 0 Å². The molecule has 0 aliphatic carbocycles. The van der Waals surface area contributed by atoms with Crippen LogP contribution >= 0.6 is 27.3 Å². The van der Waals surface area contributed by atoms with Gasteiger partial charge in [0.15, 0.2) is 11.7 Å². The molecular formula is C18H17BrN2O3S. The molecule has 0 unspecified atom stereocenters. The van der Waals surface area contributed by atoms with Crippen molar-refractivity contribution < 1.29 is 14.3 Å². The van der Waals surface area contributed by atoms with E-state index in [0.29, 0.717) is 17.5 Å². The van der Waals surface area contributed by atoms with Crippen LogP contribution in [-0.2, 0) is 4.79 Å². The van der Waals surface area contributed by atoms with Crippen LogP contribution in [0.2, 0.25) is 0 Å². The molecule has 1 heterocycles. The molecule has 0 bridgehead atoms. The standard InChI is InChI=1S/C18H17BrN2O3S/c1-2-9-23-12-7-8-14-16(10-12)25-18(20-14)21-17(22)11-24-15-6-4-3-5-13(15)19/h3-8,10H,2,9,11H2,1H3,(H,20,21,22). The van der Waals surface area contributed by atoms with Crippen LogP contribution < -0.4 is 14.8 Å². The summed E-state index contributed by atoms with van der Waals surface area (Å²) in [5.41, 5.74) is 0.830. The normalized spacial score (nSPS) is 10.6. The molecule has 1 amide bonds. The molecule has 0 aliphatic heterocycles. The lowest BCUT2D eigenvalue weighted by atomic mass is 10.3. The maximum absolute atomic E-state index is 12.1. The van der Waals surface area contributed by atoms with E-state index in [1.54, 1.807) is 6.07 Å². The first-order valence-electron chi connectivity index (χ1n) is 7.86. The number of thiazole rings is 1. The van der Waals surface area contributed by atoms with Crippen molar-refractivity contribution in [3.05, 3.63) is 46.9 Å². The Balaban J connectivity index is 1.62. The Morgan fingerprint density at radius 1 is 1.24 bits per heavy atom. The molecule has 130 valence electrons. The molecule has 25 heavy (non-hydrogen) atoms. The summed E-state index contributed by atoms with van der Waals surface area (Å²) >= 11 is 4.79. The first-order valence-corrected chi connectivity index (χ1v) is 9.47. The van der Waals surface area contributed by atoms with Crippen LogP contribution in [0.5, 0.6) is 11.5 Å². The Labute approximate surface area is 158 Å². The van der Waals surface area contributed by atoms with Crippen LogP contribution in [-0.4, -0.2) is 24.1 Å². The summed E-state index contributed by atoms with van der Waals surface area (Å²) in [6, 6.07) is 13.1. The van der Waals surface area contributed by atoms with Crippen LogP contribution in [0.4, 0.5) is 5.13 Å². The summed E-state index contributed by atoms with van der Waals surface area (Å²) in [7, 11) is 0. The van der Waals surface area contributed by atoms with Crippen molar-refractivity contribution in [2.75, 3.05) is 18.5 Å². The van der Waals surface area contributed by atoms with E-state index in [-0.39, 0.29) is 12.5 Å². The smallest absolute Gasteiger partial charge is 0.264 e. The minimum atomic E-state index is -0.253. The number of halogens is 1. The van der Waals surface area contributed by atoms with Gasteiger partial charge in [-0.25, -0.2) is 4.98 Å². The molecule has 0 radical (unpaired) electrons. The predicted octanol–water partition coefficient (Wildman–Crippen LogP) is 4.87. The molecule has 5 nitrogen and oxygen atoms in total. The zero-order chi connectivity index (χ0) is 17.6. The highest BCUT2D eigenvalue weighted by Gasteiger charge is 2.10. The van der Waals surface area contributed by atoms with Crippen molar-refractivity contribution >= 4 is 48.5 Å². The van der Waals surface area contributed by atoms with Crippen molar-refractivity contribution in [2.45, 2.75) is 13.3 Å². The zero-order valence-corrected chi connectivity index (χ0v) is 16.0. The van der Waals surface area contributed by atoms with Gasteiger partial charge in [-0.3, -0.25) is 10.1 Å². The second-order valence-corrected chi connectivity index (χ2v) is 7.15. The van der Waals surface area contributed by atoms with Crippen molar-refractivity contribution in [1.82, 2.24) is 4.98 Å². The number of anilines is 1. The van der Waals surface area contributed by atoms with Crippen LogP contribution in [0.1, 0.15) is 13.3 Å². The highest BCUT2D eigenvalue weighted by Crippen LogP contribution is 2.29. The van der Waals surface area contributed by atoms with E-state index in [4.69, 9.17) is 9.47 Å². The Bertz CT molecular complexity index is 882. The third-order valence-electron chi connectivity index (χ3n) is 3.27. The number of benzene rings is 2. The number of amides is 1. The minimum Gasteiger partial charge on any atom is -0.494 e. The van der Waals surface area contributed by atoms with E-state index < -0.39 is 0 Å². The molecule has 0 fully saturated rings. The first kappa shape index (κ1) is 17.7. The monoisotopic (exact) mass is 420 g/mol. The van der Waals surface area contributed by atoms with Gasteiger partial charge in [-0.05, 0) is 52.7 Å². The lowest BCUT2D eigenvalue weighted by Gasteiger charge is -2.07. The first-order chi connectivity index (χ1) is 12.2. The van der Waals surface area contributed by atoms with Gasteiger partial charge < -0.3 is 9.47 Å². The lowest BCUT2D eigenvalue weighted by Crippen LogP contribution is -2.20. The summed E-state index contributed by atoms with van der Waals surface area (Å²) < 4.78 is 12.9. The van der Waals surface area contributed by atoms with Crippen LogP contribution in [0, 0.1) is 0 Å².